The van der Waals surface area contributed by atoms with E-state index in [0.717, 1.165) is 17.8 Å². The highest BCUT2D eigenvalue weighted by atomic mass is 16.4. The molecule has 0 amide bonds. The number of carbonyl (C=O) groups is 1. The molecular formula is C21H36O2. The van der Waals surface area contributed by atoms with Crippen LogP contribution < -0.4 is 0 Å². The van der Waals surface area contributed by atoms with Crippen LogP contribution in [0.3, 0.4) is 0 Å². The van der Waals surface area contributed by atoms with E-state index in [9.17, 15) is 4.79 Å². The molecule has 2 heteroatoms. The van der Waals surface area contributed by atoms with Gasteiger partial charge in [-0.15, -0.1) is 0 Å². The third-order valence-electron chi connectivity index (χ3n) is 6.27. The van der Waals surface area contributed by atoms with Gasteiger partial charge in [0, 0.05) is 6.42 Å². The van der Waals surface area contributed by atoms with Crippen LogP contribution in [0.4, 0.5) is 0 Å². The molecule has 0 aromatic heterocycles. The summed E-state index contributed by atoms with van der Waals surface area (Å²) in [4.78, 5) is 10.5. The first-order valence-electron chi connectivity index (χ1n) is 10.1. The Hall–Kier alpha value is -0.790. The second-order valence-electron chi connectivity index (χ2n) is 7.96. The number of hydrogen-bond acceptors (Lipinski definition) is 1. The molecule has 2 aliphatic rings. The summed E-state index contributed by atoms with van der Waals surface area (Å²) >= 11 is 0. The molecule has 2 rings (SSSR count). The number of allylic oxidation sites excluding steroid dienone is 2. The second-order valence-corrected chi connectivity index (χ2v) is 7.96. The average Bonchev–Trinajstić information content (AvgIpc) is 2.58. The van der Waals surface area contributed by atoms with Gasteiger partial charge in [0.25, 0.3) is 0 Å². The van der Waals surface area contributed by atoms with Gasteiger partial charge in [0.05, 0.1) is 0 Å². The number of carboxylic acids is 1. The van der Waals surface area contributed by atoms with Gasteiger partial charge in [0.1, 0.15) is 0 Å². The highest BCUT2D eigenvalue weighted by molar-refractivity contribution is 5.66. The summed E-state index contributed by atoms with van der Waals surface area (Å²) in [5, 5.41) is 8.66. The normalized spacial score (nSPS) is 32.2. The van der Waals surface area contributed by atoms with Crippen molar-refractivity contribution < 1.29 is 9.90 Å². The highest BCUT2D eigenvalue weighted by Gasteiger charge is 2.30. The molecule has 0 unspecified atom stereocenters. The van der Waals surface area contributed by atoms with Crippen LogP contribution in [0.25, 0.3) is 0 Å². The van der Waals surface area contributed by atoms with Crippen molar-refractivity contribution in [2.24, 2.45) is 23.7 Å². The van der Waals surface area contributed by atoms with Crippen LogP contribution in [0.5, 0.6) is 0 Å². The molecule has 2 fully saturated rings. The lowest BCUT2D eigenvalue weighted by Gasteiger charge is -2.37. The van der Waals surface area contributed by atoms with Crippen molar-refractivity contribution in [1.82, 2.24) is 0 Å². The predicted octanol–water partition coefficient (Wildman–Crippen LogP) is 6.21. The van der Waals surface area contributed by atoms with Gasteiger partial charge in [-0.3, -0.25) is 4.79 Å². The minimum absolute atomic E-state index is 0.271. The standard InChI is InChI=1S/C21H36O2/c1-2-3-6-17-9-13-19(14-10-17)20-15-11-18(12-16-20)7-4-5-8-21(22)23/h4,7,17-20H,2-3,5-6,8-16H2,1H3,(H,22,23). The minimum Gasteiger partial charge on any atom is -0.481 e. The SMILES string of the molecule is CCCCC1CCC(C2CCC(C=CCCC(=O)O)CC2)CC1. The summed E-state index contributed by atoms with van der Waals surface area (Å²) in [6.07, 6.45) is 21.0. The van der Waals surface area contributed by atoms with Crippen molar-refractivity contribution in [3.8, 4) is 0 Å². The Morgan fingerprint density at radius 1 is 1.00 bits per heavy atom. The lowest BCUT2D eigenvalue weighted by atomic mass is 9.68. The highest BCUT2D eigenvalue weighted by Crippen LogP contribution is 2.42. The van der Waals surface area contributed by atoms with Crippen molar-refractivity contribution in [2.45, 2.75) is 90.4 Å². The Morgan fingerprint density at radius 2 is 1.61 bits per heavy atom. The molecule has 2 saturated carbocycles. The second kappa shape index (κ2) is 10.2. The molecule has 1 N–H and O–H groups in total. The van der Waals surface area contributed by atoms with E-state index >= 15 is 0 Å². The van der Waals surface area contributed by atoms with Gasteiger partial charge in [0.2, 0.25) is 0 Å². The molecule has 0 aromatic rings. The molecule has 2 aliphatic carbocycles. The Kier molecular flexibility index (Phi) is 8.19. The third kappa shape index (κ3) is 6.69. The first kappa shape index (κ1) is 18.5. The van der Waals surface area contributed by atoms with Gasteiger partial charge in [-0.25, -0.2) is 0 Å². The van der Waals surface area contributed by atoms with Crippen LogP contribution in [0.2, 0.25) is 0 Å². The summed E-state index contributed by atoms with van der Waals surface area (Å²) in [5.41, 5.74) is 0. The first-order valence-corrected chi connectivity index (χ1v) is 10.1. The topological polar surface area (TPSA) is 37.3 Å². The van der Waals surface area contributed by atoms with Crippen LogP contribution >= 0.6 is 0 Å². The van der Waals surface area contributed by atoms with Gasteiger partial charge >= 0.3 is 5.97 Å². The summed E-state index contributed by atoms with van der Waals surface area (Å²) in [7, 11) is 0. The average molecular weight is 321 g/mol. The monoisotopic (exact) mass is 320 g/mol. The van der Waals surface area contributed by atoms with Crippen LogP contribution in [0.15, 0.2) is 12.2 Å². The summed E-state index contributed by atoms with van der Waals surface area (Å²) in [6, 6.07) is 0. The maximum atomic E-state index is 10.5. The van der Waals surface area contributed by atoms with E-state index in [4.69, 9.17) is 5.11 Å². The van der Waals surface area contributed by atoms with Crippen molar-refractivity contribution in [3.63, 3.8) is 0 Å². The number of unbranched alkanes of at least 4 members (excludes halogenated alkanes) is 1. The maximum absolute atomic E-state index is 10.5. The zero-order chi connectivity index (χ0) is 16.5. The Morgan fingerprint density at radius 3 is 2.17 bits per heavy atom. The Labute approximate surface area is 142 Å². The van der Waals surface area contributed by atoms with E-state index in [1.165, 1.54) is 70.6 Å². The van der Waals surface area contributed by atoms with Crippen LogP contribution in [-0.2, 0) is 4.79 Å². The number of aliphatic carboxylic acids is 1. The smallest absolute Gasteiger partial charge is 0.303 e. The fourth-order valence-electron chi connectivity index (χ4n) is 4.75. The fourth-order valence-corrected chi connectivity index (χ4v) is 4.75. The first-order chi connectivity index (χ1) is 11.2. The number of hydrogen-bond donors (Lipinski definition) is 1. The van der Waals surface area contributed by atoms with Crippen LogP contribution in [-0.4, -0.2) is 11.1 Å². The molecule has 23 heavy (non-hydrogen) atoms. The van der Waals surface area contributed by atoms with Gasteiger partial charge in [-0.2, -0.15) is 0 Å². The van der Waals surface area contributed by atoms with Crippen LogP contribution in [0.1, 0.15) is 90.4 Å². The largest absolute Gasteiger partial charge is 0.481 e. The number of rotatable bonds is 8. The maximum Gasteiger partial charge on any atom is 0.303 e. The summed E-state index contributed by atoms with van der Waals surface area (Å²) < 4.78 is 0. The van der Waals surface area contributed by atoms with Gasteiger partial charge in [0.15, 0.2) is 0 Å². The molecule has 2 nitrogen and oxygen atoms in total. The quantitative estimate of drug-likeness (QED) is 0.540. The van der Waals surface area contributed by atoms with Crippen molar-refractivity contribution in [1.29, 1.82) is 0 Å². The van der Waals surface area contributed by atoms with Crippen molar-refractivity contribution in [3.05, 3.63) is 12.2 Å². The zero-order valence-electron chi connectivity index (χ0n) is 15.0. The van der Waals surface area contributed by atoms with E-state index in [1.54, 1.807) is 0 Å². The lowest BCUT2D eigenvalue weighted by molar-refractivity contribution is -0.136. The van der Waals surface area contributed by atoms with Crippen molar-refractivity contribution >= 4 is 5.97 Å². The van der Waals surface area contributed by atoms with Gasteiger partial charge in [-0.05, 0) is 68.6 Å². The third-order valence-corrected chi connectivity index (χ3v) is 6.27. The molecule has 0 radical (unpaired) electrons. The van der Waals surface area contributed by atoms with E-state index in [1.807, 2.05) is 0 Å². The Balaban J connectivity index is 1.62. The molecule has 0 saturated heterocycles. The predicted molar refractivity (Wildman–Crippen MR) is 96.4 cm³/mol. The molecule has 0 heterocycles. The fraction of sp³-hybridized carbons (Fsp3) is 0.857. The summed E-state index contributed by atoms with van der Waals surface area (Å²) in [5.74, 6) is 3.03. The summed E-state index contributed by atoms with van der Waals surface area (Å²) in [6.45, 7) is 2.31. The Bertz CT molecular complexity index is 358. The zero-order valence-corrected chi connectivity index (χ0v) is 15.0. The van der Waals surface area contributed by atoms with E-state index in [0.29, 0.717) is 12.3 Å². The van der Waals surface area contributed by atoms with Crippen LogP contribution in [0, 0.1) is 23.7 Å². The minimum atomic E-state index is -0.687. The van der Waals surface area contributed by atoms with Crippen molar-refractivity contribution in [2.75, 3.05) is 0 Å². The number of carboxylic acid groups (broad SMARTS) is 1. The van der Waals surface area contributed by atoms with E-state index < -0.39 is 5.97 Å². The van der Waals surface area contributed by atoms with E-state index in [-0.39, 0.29) is 6.42 Å². The molecule has 0 atom stereocenters. The van der Waals surface area contributed by atoms with Gasteiger partial charge < -0.3 is 5.11 Å². The molecule has 0 aliphatic heterocycles. The lowest BCUT2D eigenvalue weighted by Crippen LogP contribution is -2.25. The molecule has 0 spiro atoms. The molecule has 0 bridgehead atoms. The van der Waals surface area contributed by atoms with E-state index in [2.05, 4.69) is 19.1 Å². The van der Waals surface area contributed by atoms with Gasteiger partial charge in [-0.1, -0.05) is 51.2 Å². The molecule has 132 valence electrons. The molecular weight excluding hydrogens is 284 g/mol. The molecule has 0 aromatic carbocycles.